The summed E-state index contributed by atoms with van der Waals surface area (Å²) in [5, 5.41) is 46.8. The van der Waals surface area contributed by atoms with E-state index in [2.05, 4.69) is 0 Å². The lowest BCUT2D eigenvalue weighted by molar-refractivity contribution is -0.0901. The average molecular weight is 224 g/mol. The van der Waals surface area contributed by atoms with Crippen molar-refractivity contribution in [1.29, 1.82) is 0 Å². The van der Waals surface area contributed by atoms with Gasteiger partial charge < -0.3 is 36.6 Å². The molecule has 0 aromatic rings. The summed E-state index contributed by atoms with van der Waals surface area (Å²) in [4.78, 5) is 10.4. The van der Waals surface area contributed by atoms with Crippen LogP contribution < -0.4 is 11.1 Å². The van der Waals surface area contributed by atoms with E-state index in [1.807, 2.05) is 5.32 Å². The van der Waals surface area contributed by atoms with Gasteiger partial charge in [-0.15, -0.1) is 0 Å². The molecule has 0 rings (SSSR count). The molecule has 0 spiro atoms. The first-order valence-electron chi connectivity index (χ1n) is 4.26. The summed E-state index contributed by atoms with van der Waals surface area (Å²) in [7, 11) is 0. The van der Waals surface area contributed by atoms with E-state index >= 15 is 0 Å². The number of aliphatic hydroxyl groups excluding tert-OH is 5. The summed E-state index contributed by atoms with van der Waals surface area (Å²) in [5.74, 6) is 0. The van der Waals surface area contributed by atoms with Crippen molar-refractivity contribution in [3.05, 3.63) is 0 Å². The first-order chi connectivity index (χ1) is 6.93. The fourth-order valence-electron chi connectivity index (χ4n) is 0.995. The Labute approximate surface area is 86.0 Å². The molecule has 0 saturated heterocycles. The van der Waals surface area contributed by atoms with E-state index in [1.165, 1.54) is 0 Å². The van der Waals surface area contributed by atoms with Gasteiger partial charge in [0.05, 0.1) is 19.3 Å². The predicted molar refractivity (Wildman–Crippen MR) is 48.7 cm³/mol. The number of nitrogens with two attached hydrogens (primary N) is 1. The molecule has 0 heterocycles. The van der Waals surface area contributed by atoms with Crippen molar-refractivity contribution in [3.8, 4) is 0 Å². The molecule has 0 aromatic heterocycles. The van der Waals surface area contributed by atoms with Gasteiger partial charge in [-0.3, -0.25) is 0 Å². The van der Waals surface area contributed by atoms with Crippen LogP contribution in [0.3, 0.4) is 0 Å². The monoisotopic (exact) mass is 224 g/mol. The lowest BCUT2D eigenvalue weighted by Crippen LogP contribution is -2.55. The van der Waals surface area contributed by atoms with Crippen LogP contribution in [0.1, 0.15) is 0 Å². The molecule has 15 heavy (non-hydrogen) atoms. The Kier molecular flexibility index (Phi) is 6.13. The molecule has 8 nitrogen and oxygen atoms in total. The Morgan fingerprint density at radius 2 is 1.67 bits per heavy atom. The molecule has 0 aliphatic carbocycles. The third kappa shape index (κ3) is 4.40. The van der Waals surface area contributed by atoms with Gasteiger partial charge in [-0.05, 0) is 0 Å². The van der Waals surface area contributed by atoms with Crippen molar-refractivity contribution in [2.75, 3.05) is 13.2 Å². The average Bonchev–Trinajstić information content (AvgIpc) is 2.22. The van der Waals surface area contributed by atoms with Gasteiger partial charge in [0.1, 0.15) is 18.3 Å². The second-order valence-electron chi connectivity index (χ2n) is 3.03. The SMILES string of the molecule is NC(=O)N[C@@H](CO)[C@@H](O)[C@H](O)[C@H](O)CO. The summed E-state index contributed by atoms with van der Waals surface area (Å²) in [6.07, 6.45) is -4.90. The van der Waals surface area contributed by atoms with Crippen LogP contribution in [0.4, 0.5) is 4.79 Å². The smallest absolute Gasteiger partial charge is 0.312 e. The molecule has 8 N–H and O–H groups in total. The molecular weight excluding hydrogens is 208 g/mol. The molecule has 0 aliphatic rings. The largest absolute Gasteiger partial charge is 0.394 e. The number of hydrogen-bond acceptors (Lipinski definition) is 6. The number of primary amides is 1. The Morgan fingerprint density at radius 1 is 1.13 bits per heavy atom. The molecule has 0 bridgehead atoms. The van der Waals surface area contributed by atoms with E-state index < -0.39 is 43.6 Å². The number of urea groups is 1. The van der Waals surface area contributed by atoms with Gasteiger partial charge in [0.2, 0.25) is 0 Å². The van der Waals surface area contributed by atoms with E-state index in [-0.39, 0.29) is 0 Å². The first kappa shape index (κ1) is 14.1. The topological polar surface area (TPSA) is 156 Å². The van der Waals surface area contributed by atoms with Crippen molar-refractivity contribution in [2.45, 2.75) is 24.4 Å². The highest BCUT2D eigenvalue weighted by molar-refractivity contribution is 5.72. The van der Waals surface area contributed by atoms with E-state index in [0.717, 1.165) is 0 Å². The van der Waals surface area contributed by atoms with Gasteiger partial charge in [0.25, 0.3) is 0 Å². The summed E-state index contributed by atoms with van der Waals surface area (Å²) in [5.41, 5.74) is 4.75. The highest BCUT2D eigenvalue weighted by atomic mass is 16.4. The van der Waals surface area contributed by atoms with E-state index in [4.69, 9.17) is 21.1 Å². The molecule has 2 amide bonds. The fraction of sp³-hybridized carbons (Fsp3) is 0.857. The minimum atomic E-state index is -1.70. The molecule has 0 saturated carbocycles. The van der Waals surface area contributed by atoms with Crippen LogP contribution in [0.15, 0.2) is 0 Å². The zero-order valence-corrected chi connectivity index (χ0v) is 7.95. The molecule has 4 atom stereocenters. The van der Waals surface area contributed by atoms with Gasteiger partial charge in [-0.2, -0.15) is 0 Å². The zero-order chi connectivity index (χ0) is 12.0. The highest BCUT2D eigenvalue weighted by Crippen LogP contribution is 2.04. The Hall–Kier alpha value is -0.930. The van der Waals surface area contributed by atoms with Crippen molar-refractivity contribution >= 4 is 6.03 Å². The van der Waals surface area contributed by atoms with Crippen LogP contribution in [0, 0.1) is 0 Å². The van der Waals surface area contributed by atoms with E-state index in [1.54, 1.807) is 0 Å². The number of hydrogen-bond donors (Lipinski definition) is 7. The maximum absolute atomic E-state index is 10.4. The molecule has 8 heteroatoms. The maximum atomic E-state index is 10.4. The molecule has 0 fully saturated rings. The fourth-order valence-corrected chi connectivity index (χ4v) is 0.995. The summed E-state index contributed by atoms with van der Waals surface area (Å²) < 4.78 is 0. The number of nitrogens with one attached hydrogen (secondary N) is 1. The van der Waals surface area contributed by atoms with Crippen molar-refractivity contribution in [2.24, 2.45) is 5.73 Å². The van der Waals surface area contributed by atoms with Gasteiger partial charge in [0.15, 0.2) is 0 Å². The first-order valence-corrected chi connectivity index (χ1v) is 4.26. The van der Waals surface area contributed by atoms with Crippen LogP contribution >= 0.6 is 0 Å². The predicted octanol–water partition coefficient (Wildman–Crippen LogP) is -3.91. The van der Waals surface area contributed by atoms with Crippen LogP contribution in [0.5, 0.6) is 0 Å². The number of aliphatic hydroxyl groups is 5. The third-order valence-corrected chi connectivity index (χ3v) is 1.87. The quantitative estimate of drug-likeness (QED) is 0.244. The van der Waals surface area contributed by atoms with Crippen molar-refractivity contribution in [3.63, 3.8) is 0 Å². The van der Waals surface area contributed by atoms with E-state index in [0.29, 0.717) is 0 Å². The Bertz CT molecular complexity index is 202. The van der Waals surface area contributed by atoms with Gasteiger partial charge in [0, 0.05) is 0 Å². The van der Waals surface area contributed by atoms with Crippen LogP contribution in [0.25, 0.3) is 0 Å². The molecular formula is C7H16N2O6. The number of amides is 2. The number of rotatable bonds is 6. The summed E-state index contributed by atoms with van der Waals surface area (Å²) >= 11 is 0. The standard InChI is InChI=1S/C7H16N2O6/c8-7(15)9-3(1-10)5(13)6(14)4(12)2-11/h3-6,10-14H,1-2H2,(H3,8,9,15)/t3-,4+,5+,6+/m0/s1. The van der Waals surface area contributed by atoms with Gasteiger partial charge >= 0.3 is 6.03 Å². The molecule has 90 valence electrons. The lowest BCUT2D eigenvalue weighted by Gasteiger charge is -2.27. The van der Waals surface area contributed by atoms with Crippen LogP contribution in [0.2, 0.25) is 0 Å². The van der Waals surface area contributed by atoms with Crippen LogP contribution in [-0.4, -0.2) is 69.1 Å². The van der Waals surface area contributed by atoms with Crippen LogP contribution in [-0.2, 0) is 0 Å². The summed E-state index contributed by atoms with van der Waals surface area (Å²) in [6.45, 7) is -1.42. The molecule has 0 radical (unpaired) electrons. The van der Waals surface area contributed by atoms with Gasteiger partial charge in [-0.1, -0.05) is 0 Å². The van der Waals surface area contributed by atoms with Gasteiger partial charge in [-0.25, -0.2) is 4.79 Å². The Morgan fingerprint density at radius 3 is 2.00 bits per heavy atom. The summed E-state index contributed by atoms with van der Waals surface area (Å²) in [6, 6.07) is -2.20. The molecule has 0 aliphatic heterocycles. The number of carbonyl (C=O) groups excluding carboxylic acids is 1. The second-order valence-corrected chi connectivity index (χ2v) is 3.03. The lowest BCUT2D eigenvalue weighted by atomic mass is 10.0. The third-order valence-electron chi connectivity index (χ3n) is 1.87. The zero-order valence-electron chi connectivity index (χ0n) is 7.95. The maximum Gasteiger partial charge on any atom is 0.312 e. The molecule has 0 unspecified atom stereocenters. The highest BCUT2D eigenvalue weighted by Gasteiger charge is 2.31. The minimum absolute atomic E-state index is 0.667. The number of carbonyl (C=O) groups is 1. The second kappa shape index (κ2) is 6.53. The van der Waals surface area contributed by atoms with Crippen molar-refractivity contribution < 1.29 is 30.3 Å². The molecule has 0 aromatic carbocycles. The normalized spacial score (nSPS) is 19.0. The van der Waals surface area contributed by atoms with Crippen molar-refractivity contribution in [1.82, 2.24) is 5.32 Å². The van der Waals surface area contributed by atoms with E-state index in [9.17, 15) is 15.0 Å². The minimum Gasteiger partial charge on any atom is -0.394 e. The Balaban J connectivity index is 4.35.